The third-order valence-electron chi connectivity index (χ3n) is 2.57. The quantitative estimate of drug-likeness (QED) is 0.685. The van der Waals surface area contributed by atoms with Crippen LogP contribution < -0.4 is 4.74 Å². The second-order valence-corrected chi connectivity index (χ2v) is 3.85. The van der Waals surface area contributed by atoms with E-state index in [4.69, 9.17) is 4.74 Å². The van der Waals surface area contributed by atoms with Crippen molar-refractivity contribution in [2.24, 2.45) is 0 Å². The van der Waals surface area contributed by atoms with Crippen molar-refractivity contribution in [3.05, 3.63) is 78.9 Å². The van der Waals surface area contributed by atoms with Gasteiger partial charge in [0, 0.05) is 6.42 Å². The average molecular weight is 224 g/mol. The van der Waals surface area contributed by atoms with E-state index >= 15 is 0 Å². The Kier molecular flexibility index (Phi) is 3.98. The van der Waals surface area contributed by atoms with E-state index in [0.717, 1.165) is 12.2 Å². The van der Waals surface area contributed by atoms with E-state index in [1.807, 2.05) is 54.6 Å². The van der Waals surface area contributed by atoms with Crippen LogP contribution in [0.4, 0.5) is 0 Å². The Morgan fingerprint density at radius 1 is 0.941 bits per heavy atom. The van der Waals surface area contributed by atoms with Crippen LogP contribution >= 0.6 is 0 Å². The number of ether oxygens (including phenoxy) is 1. The number of hydrogen-bond acceptors (Lipinski definition) is 1. The zero-order chi connectivity index (χ0) is 11.9. The van der Waals surface area contributed by atoms with Gasteiger partial charge in [-0.3, -0.25) is 0 Å². The van der Waals surface area contributed by atoms with Gasteiger partial charge in [-0.15, -0.1) is 6.58 Å². The standard InChI is InChI=1S/C16H16O/c1-2-9-16(14-10-5-3-6-11-14)17-15-12-7-4-8-13-15/h2-8,10-13,16H,1,9H2. The summed E-state index contributed by atoms with van der Waals surface area (Å²) < 4.78 is 5.97. The Morgan fingerprint density at radius 2 is 1.53 bits per heavy atom. The molecule has 0 bridgehead atoms. The Labute approximate surface area is 102 Å². The van der Waals surface area contributed by atoms with Gasteiger partial charge >= 0.3 is 0 Å². The molecule has 0 spiro atoms. The fraction of sp³-hybridized carbons (Fsp3) is 0.125. The molecular weight excluding hydrogens is 208 g/mol. The summed E-state index contributed by atoms with van der Waals surface area (Å²) in [6.07, 6.45) is 2.73. The van der Waals surface area contributed by atoms with E-state index in [0.29, 0.717) is 0 Å². The molecule has 0 aromatic heterocycles. The molecule has 2 aromatic rings. The van der Waals surface area contributed by atoms with Crippen LogP contribution in [0.25, 0.3) is 0 Å². The number of benzene rings is 2. The topological polar surface area (TPSA) is 9.23 Å². The van der Waals surface area contributed by atoms with Crippen LogP contribution in [0.2, 0.25) is 0 Å². The summed E-state index contributed by atoms with van der Waals surface area (Å²) in [7, 11) is 0. The summed E-state index contributed by atoms with van der Waals surface area (Å²) in [6, 6.07) is 20.1. The Balaban J connectivity index is 2.16. The summed E-state index contributed by atoms with van der Waals surface area (Å²) in [5, 5.41) is 0. The molecule has 2 rings (SSSR count). The molecule has 2 aromatic carbocycles. The highest BCUT2D eigenvalue weighted by molar-refractivity contribution is 5.24. The van der Waals surface area contributed by atoms with Crippen molar-refractivity contribution in [1.82, 2.24) is 0 Å². The molecule has 0 aliphatic heterocycles. The van der Waals surface area contributed by atoms with Crippen LogP contribution in [0, 0.1) is 0 Å². The molecule has 0 radical (unpaired) electrons. The maximum absolute atomic E-state index is 5.97. The van der Waals surface area contributed by atoms with Crippen molar-refractivity contribution in [3.8, 4) is 5.75 Å². The lowest BCUT2D eigenvalue weighted by Crippen LogP contribution is -2.06. The van der Waals surface area contributed by atoms with E-state index in [-0.39, 0.29) is 6.10 Å². The fourth-order valence-electron chi connectivity index (χ4n) is 1.73. The second kappa shape index (κ2) is 5.90. The summed E-state index contributed by atoms with van der Waals surface area (Å²) >= 11 is 0. The van der Waals surface area contributed by atoms with Gasteiger partial charge in [-0.1, -0.05) is 54.6 Å². The van der Waals surface area contributed by atoms with Crippen molar-refractivity contribution >= 4 is 0 Å². The smallest absolute Gasteiger partial charge is 0.127 e. The highest BCUT2D eigenvalue weighted by Crippen LogP contribution is 2.24. The van der Waals surface area contributed by atoms with E-state index in [9.17, 15) is 0 Å². The fourth-order valence-corrected chi connectivity index (χ4v) is 1.73. The molecule has 1 heteroatoms. The second-order valence-electron chi connectivity index (χ2n) is 3.85. The molecule has 1 nitrogen and oxygen atoms in total. The molecule has 0 aliphatic rings. The first-order chi connectivity index (χ1) is 8.40. The maximum atomic E-state index is 5.97. The predicted molar refractivity (Wildman–Crippen MR) is 71.1 cm³/mol. The van der Waals surface area contributed by atoms with Gasteiger partial charge < -0.3 is 4.74 Å². The van der Waals surface area contributed by atoms with E-state index in [2.05, 4.69) is 18.7 Å². The lowest BCUT2D eigenvalue weighted by atomic mass is 10.1. The molecular formula is C16H16O. The van der Waals surface area contributed by atoms with Gasteiger partial charge in [-0.2, -0.15) is 0 Å². The minimum Gasteiger partial charge on any atom is -0.485 e. The first-order valence-electron chi connectivity index (χ1n) is 5.77. The molecule has 0 heterocycles. The largest absolute Gasteiger partial charge is 0.485 e. The van der Waals surface area contributed by atoms with Crippen LogP contribution in [-0.2, 0) is 0 Å². The molecule has 1 unspecified atom stereocenters. The van der Waals surface area contributed by atoms with Crippen molar-refractivity contribution in [2.45, 2.75) is 12.5 Å². The minimum absolute atomic E-state index is 0.0381. The zero-order valence-electron chi connectivity index (χ0n) is 9.75. The number of hydrogen-bond donors (Lipinski definition) is 0. The predicted octanol–water partition coefficient (Wildman–Crippen LogP) is 4.38. The van der Waals surface area contributed by atoms with Crippen molar-refractivity contribution in [1.29, 1.82) is 0 Å². The van der Waals surface area contributed by atoms with Gasteiger partial charge in [0.2, 0.25) is 0 Å². The van der Waals surface area contributed by atoms with Crippen LogP contribution in [0.5, 0.6) is 5.75 Å². The summed E-state index contributed by atoms with van der Waals surface area (Å²) in [5.74, 6) is 0.892. The summed E-state index contributed by atoms with van der Waals surface area (Å²) in [5.41, 5.74) is 1.18. The zero-order valence-corrected chi connectivity index (χ0v) is 9.75. The minimum atomic E-state index is 0.0381. The Morgan fingerprint density at radius 3 is 2.12 bits per heavy atom. The third-order valence-corrected chi connectivity index (χ3v) is 2.57. The monoisotopic (exact) mass is 224 g/mol. The Bertz CT molecular complexity index is 447. The third kappa shape index (κ3) is 3.22. The average Bonchev–Trinajstić information content (AvgIpc) is 2.40. The van der Waals surface area contributed by atoms with Crippen molar-refractivity contribution < 1.29 is 4.74 Å². The number of para-hydroxylation sites is 1. The first-order valence-corrected chi connectivity index (χ1v) is 5.77. The molecule has 0 saturated heterocycles. The van der Waals surface area contributed by atoms with Gasteiger partial charge in [-0.25, -0.2) is 0 Å². The van der Waals surface area contributed by atoms with Crippen molar-refractivity contribution in [3.63, 3.8) is 0 Å². The number of rotatable bonds is 5. The van der Waals surface area contributed by atoms with E-state index in [1.165, 1.54) is 5.56 Å². The van der Waals surface area contributed by atoms with Crippen LogP contribution in [0.15, 0.2) is 73.3 Å². The first kappa shape index (κ1) is 11.5. The van der Waals surface area contributed by atoms with Gasteiger partial charge in [-0.05, 0) is 17.7 Å². The van der Waals surface area contributed by atoms with Crippen LogP contribution in [-0.4, -0.2) is 0 Å². The summed E-state index contributed by atoms with van der Waals surface area (Å²) in [4.78, 5) is 0. The lowest BCUT2D eigenvalue weighted by molar-refractivity contribution is 0.209. The maximum Gasteiger partial charge on any atom is 0.127 e. The van der Waals surface area contributed by atoms with Gasteiger partial charge in [0.05, 0.1) is 0 Å². The molecule has 86 valence electrons. The molecule has 0 aliphatic carbocycles. The van der Waals surface area contributed by atoms with Crippen LogP contribution in [0.3, 0.4) is 0 Å². The molecule has 17 heavy (non-hydrogen) atoms. The highest BCUT2D eigenvalue weighted by atomic mass is 16.5. The van der Waals surface area contributed by atoms with Gasteiger partial charge in [0.25, 0.3) is 0 Å². The Hall–Kier alpha value is -2.02. The van der Waals surface area contributed by atoms with Crippen LogP contribution in [0.1, 0.15) is 18.1 Å². The molecule has 0 N–H and O–H groups in total. The molecule has 0 amide bonds. The van der Waals surface area contributed by atoms with E-state index in [1.54, 1.807) is 0 Å². The molecule has 0 saturated carbocycles. The van der Waals surface area contributed by atoms with E-state index < -0.39 is 0 Å². The van der Waals surface area contributed by atoms with Gasteiger partial charge in [0.15, 0.2) is 0 Å². The normalized spacial score (nSPS) is 11.8. The van der Waals surface area contributed by atoms with Gasteiger partial charge in [0.1, 0.15) is 11.9 Å². The SMILES string of the molecule is C=CCC(Oc1ccccc1)c1ccccc1. The summed E-state index contributed by atoms with van der Waals surface area (Å²) in [6.45, 7) is 3.79. The highest BCUT2D eigenvalue weighted by Gasteiger charge is 2.10. The van der Waals surface area contributed by atoms with Crippen molar-refractivity contribution in [2.75, 3.05) is 0 Å². The molecule has 1 atom stereocenters. The lowest BCUT2D eigenvalue weighted by Gasteiger charge is -2.18. The molecule has 0 fully saturated rings.